The zero-order valence-electron chi connectivity index (χ0n) is 15.1. The highest BCUT2D eigenvalue weighted by Gasteiger charge is 2.19. The van der Waals surface area contributed by atoms with Crippen LogP contribution < -0.4 is 15.3 Å². The molecule has 0 fully saturated rings. The zero-order chi connectivity index (χ0) is 20.1. The highest BCUT2D eigenvalue weighted by atomic mass is 19.1. The summed E-state index contributed by atoms with van der Waals surface area (Å²) in [6.07, 6.45) is 0.0560. The van der Waals surface area contributed by atoms with E-state index in [2.05, 4.69) is 0 Å². The van der Waals surface area contributed by atoms with Crippen LogP contribution in [0.2, 0.25) is 0 Å². The van der Waals surface area contributed by atoms with Crippen molar-refractivity contribution in [1.29, 1.82) is 5.26 Å². The highest BCUT2D eigenvalue weighted by Crippen LogP contribution is 2.23. The number of ether oxygens (including phenoxy) is 1. The minimum atomic E-state index is -0.559. The summed E-state index contributed by atoms with van der Waals surface area (Å²) < 4.78 is 24.8. The lowest BCUT2D eigenvalue weighted by Gasteiger charge is -2.22. The van der Waals surface area contributed by atoms with Crippen molar-refractivity contribution in [3.8, 4) is 11.8 Å². The first kappa shape index (κ1) is 19.1. The Balaban J connectivity index is 1.79. The van der Waals surface area contributed by atoms with E-state index >= 15 is 0 Å². The summed E-state index contributed by atoms with van der Waals surface area (Å²) in [5, 5.41) is 9.58. The van der Waals surface area contributed by atoms with Gasteiger partial charge >= 0.3 is 5.63 Å². The van der Waals surface area contributed by atoms with Crippen molar-refractivity contribution in [2.45, 2.75) is 13.3 Å². The van der Waals surface area contributed by atoms with Crippen LogP contribution in [0.15, 0.2) is 57.7 Å². The number of aryl methyl sites for hydroxylation is 1. The summed E-state index contributed by atoms with van der Waals surface area (Å²) in [6, 6.07) is 14.1. The van der Waals surface area contributed by atoms with Crippen LogP contribution in [0.5, 0.6) is 5.75 Å². The number of benzene rings is 2. The van der Waals surface area contributed by atoms with Crippen molar-refractivity contribution < 1.29 is 18.3 Å². The van der Waals surface area contributed by atoms with Crippen LogP contribution in [0.3, 0.4) is 0 Å². The van der Waals surface area contributed by atoms with Gasteiger partial charge in [-0.1, -0.05) is 12.1 Å². The fourth-order valence-corrected chi connectivity index (χ4v) is 2.83. The van der Waals surface area contributed by atoms with Crippen molar-refractivity contribution in [1.82, 2.24) is 0 Å². The van der Waals surface area contributed by atoms with Gasteiger partial charge in [0.2, 0.25) is 0 Å². The van der Waals surface area contributed by atoms with Gasteiger partial charge in [-0.3, -0.25) is 4.79 Å². The molecule has 3 aromatic rings. The molecule has 0 aliphatic rings. The van der Waals surface area contributed by atoms with Gasteiger partial charge in [-0.2, -0.15) is 5.26 Å². The number of hydrogen-bond donors (Lipinski definition) is 0. The van der Waals surface area contributed by atoms with Crippen LogP contribution in [0.1, 0.15) is 12.0 Å². The van der Waals surface area contributed by atoms with Gasteiger partial charge in [0.15, 0.2) is 6.61 Å². The van der Waals surface area contributed by atoms with Gasteiger partial charge in [-0.05, 0) is 36.8 Å². The van der Waals surface area contributed by atoms with E-state index in [4.69, 9.17) is 14.4 Å². The smallest absolute Gasteiger partial charge is 0.336 e. The van der Waals surface area contributed by atoms with Crippen LogP contribution >= 0.6 is 0 Å². The summed E-state index contributed by atoms with van der Waals surface area (Å²) >= 11 is 0. The summed E-state index contributed by atoms with van der Waals surface area (Å²) in [4.78, 5) is 25.3. The Morgan fingerprint density at radius 2 is 2.04 bits per heavy atom. The van der Waals surface area contributed by atoms with Gasteiger partial charge in [-0.25, -0.2) is 9.18 Å². The molecule has 0 aliphatic carbocycles. The third-order valence-corrected chi connectivity index (χ3v) is 4.18. The summed E-state index contributed by atoms with van der Waals surface area (Å²) in [5.41, 5.74) is 0.744. The second kappa shape index (κ2) is 8.35. The summed E-state index contributed by atoms with van der Waals surface area (Å²) in [7, 11) is 0. The average molecular weight is 380 g/mol. The molecule has 0 N–H and O–H groups in total. The third kappa shape index (κ3) is 4.18. The molecule has 0 aliphatic heterocycles. The number of rotatable bonds is 6. The minimum Gasteiger partial charge on any atom is -0.484 e. The predicted octanol–water partition coefficient (Wildman–Crippen LogP) is 3.57. The summed E-state index contributed by atoms with van der Waals surface area (Å²) in [5.74, 6) is -0.716. The maximum atomic E-state index is 14.1. The molecule has 0 atom stereocenters. The molecule has 0 saturated heterocycles. The molecule has 1 aromatic heterocycles. The number of anilines is 1. The Hall–Kier alpha value is -3.66. The molecule has 0 spiro atoms. The number of amides is 1. The third-order valence-electron chi connectivity index (χ3n) is 4.18. The lowest BCUT2D eigenvalue weighted by molar-refractivity contribution is -0.120. The topological polar surface area (TPSA) is 83.5 Å². The first-order chi connectivity index (χ1) is 13.5. The van der Waals surface area contributed by atoms with E-state index in [1.54, 1.807) is 25.1 Å². The Kier molecular flexibility index (Phi) is 5.70. The SMILES string of the molecule is Cc1cc(=O)oc2cc(OCC(=O)N(CCC#N)c3ccccc3F)ccc12. The van der Waals surface area contributed by atoms with Crippen molar-refractivity contribution >= 4 is 22.6 Å². The molecule has 0 unspecified atom stereocenters. The first-order valence-corrected chi connectivity index (χ1v) is 8.59. The highest BCUT2D eigenvalue weighted by molar-refractivity contribution is 5.94. The van der Waals surface area contributed by atoms with Gasteiger partial charge in [0.25, 0.3) is 5.91 Å². The number of carbonyl (C=O) groups excluding carboxylic acids is 1. The fourth-order valence-electron chi connectivity index (χ4n) is 2.83. The van der Waals surface area contributed by atoms with Crippen LogP contribution in [-0.4, -0.2) is 19.1 Å². The number of nitrogens with zero attached hydrogens (tertiary/aromatic N) is 2. The molecule has 28 heavy (non-hydrogen) atoms. The standard InChI is InChI=1S/C21H17FN2O4/c1-14-11-21(26)28-19-12-15(7-8-16(14)19)27-13-20(25)24(10-4-9-23)18-6-3-2-5-17(18)22/h2-3,5-8,11-12H,4,10,13H2,1H3. The van der Waals surface area contributed by atoms with Crippen LogP contribution in [-0.2, 0) is 4.79 Å². The molecule has 6 nitrogen and oxygen atoms in total. The van der Waals surface area contributed by atoms with Crippen molar-refractivity contribution in [2.24, 2.45) is 0 Å². The van der Waals surface area contributed by atoms with E-state index in [1.165, 1.54) is 35.2 Å². The number of nitriles is 1. The summed E-state index contributed by atoms with van der Waals surface area (Å²) in [6.45, 7) is 1.48. The maximum absolute atomic E-state index is 14.1. The molecule has 0 radical (unpaired) electrons. The molecule has 0 bridgehead atoms. The van der Waals surface area contributed by atoms with Gasteiger partial charge in [-0.15, -0.1) is 0 Å². The maximum Gasteiger partial charge on any atom is 0.336 e. The molecule has 142 valence electrons. The lowest BCUT2D eigenvalue weighted by Crippen LogP contribution is -2.36. The fraction of sp³-hybridized carbons (Fsp3) is 0.190. The number of fused-ring (bicyclic) bond motifs is 1. The van der Waals surface area contributed by atoms with Gasteiger partial charge < -0.3 is 14.1 Å². The van der Waals surface area contributed by atoms with E-state index in [1.807, 2.05) is 6.07 Å². The van der Waals surface area contributed by atoms with E-state index in [0.717, 1.165) is 10.9 Å². The molecular formula is C21H17FN2O4. The van der Waals surface area contributed by atoms with Crippen molar-refractivity contribution in [3.05, 3.63) is 70.3 Å². The van der Waals surface area contributed by atoms with Crippen molar-refractivity contribution in [3.63, 3.8) is 0 Å². The van der Waals surface area contributed by atoms with Crippen LogP contribution in [0.25, 0.3) is 11.0 Å². The number of hydrogen-bond acceptors (Lipinski definition) is 5. The van der Waals surface area contributed by atoms with Crippen LogP contribution in [0, 0.1) is 24.1 Å². The van der Waals surface area contributed by atoms with Crippen molar-refractivity contribution in [2.75, 3.05) is 18.1 Å². The first-order valence-electron chi connectivity index (χ1n) is 8.59. The number of para-hydroxylation sites is 1. The normalized spacial score (nSPS) is 10.5. The number of halogens is 1. The molecule has 1 heterocycles. The van der Waals surface area contributed by atoms with E-state index in [-0.39, 0.29) is 25.3 Å². The molecular weight excluding hydrogens is 363 g/mol. The lowest BCUT2D eigenvalue weighted by atomic mass is 10.1. The predicted molar refractivity (Wildman–Crippen MR) is 102 cm³/mol. The molecule has 1 amide bonds. The molecule has 3 rings (SSSR count). The molecule has 0 saturated carbocycles. The monoisotopic (exact) mass is 380 g/mol. The Bertz CT molecular complexity index is 1120. The zero-order valence-corrected chi connectivity index (χ0v) is 15.1. The Labute approximate surface area is 160 Å². The molecule has 2 aromatic carbocycles. The Morgan fingerprint density at radius 3 is 2.79 bits per heavy atom. The van der Waals surface area contributed by atoms with Gasteiger partial charge in [0.1, 0.15) is 17.1 Å². The van der Waals surface area contributed by atoms with E-state index in [9.17, 15) is 14.0 Å². The largest absolute Gasteiger partial charge is 0.484 e. The minimum absolute atomic E-state index is 0.0470. The van der Waals surface area contributed by atoms with Gasteiger partial charge in [0.05, 0.1) is 18.2 Å². The molecule has 7 heteroatoms. The quantitative estimate of drug-likeness (QED) is 0.611. The Morgan fingerprint density at radius 1 is 1.25 bits per heavy atom. The van der Waals surface area contributed by atoms with Gasteiger partial charge in [0, 0.05) is 24.1 Å². The second-order valence-corrected chi connectivity index (χ2v) is 6.10. The van der Waals surface area contributed by atoms with E-state index in [0.29, 0.717) is 11.3 Å². The average Bonchev–Trinajstić information content (AvgIpc) is 2.67. The van der Waals surface area contributed by atoms with Crippen LogP contribution in [0.4, 0.5) is 10.1 Å². The second-order valence-electron chi connectivity index (χ2n) is 6.10. The van der Waals surface area contributed by atoms with E-state index < -0.39 is 17.3 Å². The number of carbonyl (C=O) groups is 1.